The number of hydrogen-bond donors (Lipinski definition) is 1. The van der Waals surface area contributed by atoms with Gasteiger partial charge in [-0.2, -0.15) is 0 Å². The minimum atomic E-state index is -0.364. The Bertz CT molecular complexity index is 888. The van der Waals surface area contributed by atoms with Crippen molar-refractivity contribution in [2.75, 3.05) is 11.9 Å². The van der Waals surface area contributed by atoms with Gasteiger partial charge in [-0.05, 0) is 32.4 Å². The summed E-state index contributed by atoms with van der Waals surface area (Å²) >= 11 is 1.34. The molecule has 130 valence electrons. The molecule has 8 nitrogen and oxygen atoms in total. The van der Waals surface area contributed by atoms with Gasteiger partial charge in [-0.25, -0.2) is 4.68 Å². The molecule has 1 amide bonds. The van der Waals surface area contributed by atoms with E-state index in [0.29, 0.717) is 23.2 Å². The van der Waals surface area contributed by atoms with E-state index in [-0.39, 0.29) is 11.6 Å². The van der Waals surface area contributed by atoms with E-state index in [1.807, 2.05) is 38.1 Å². The number of carbonyl (C=O) groups excluding carboxylic acids is 1. The number of nitrogens with zero attached hydrogens (tertiary/aromatic N) is 5. The summed E-state index contributed by atoms with van der Waals surface area (Å²) < 4.78 is 7.22. The molecule has 3 aromatic rings. The first-order valence-corrected chi connectivity index (χ1v) is 8.73. The Morgan fingerprint density at radius 1 is 1.24 bits per heavy atom. The highest BCUT2D eigenvalue weighted by atomic mass is 32.1. The molecule has 0 atom stereocenters. The fraction of sp³-hybridized carbons (Fsp3) is 0.312. The van der Waals surface area contributed by atoms with Gasteiger partial charge < -0.3 is 4.74 Å². The van der Waals surface area contributed by atoms with Gasteiger partial charge in [0.2, 0.25) is 5.13 Å². The lowest BCUT2D eigenvalue weighted by Crippen LogP contribution is -2.14. The van der Waals surface area contributed by atoms with Crippen LogP contribution >= 0.6 is 11.3 Å². The molecule has 3 rings (SSSR count). The van der Waals surface area contributed by atoms with E-state index in [4.69, 9.17) is 4.74 Å². The van der Waals surface area contributed by atoms with Crippen molar-refractivity contribution in [1.29, 1.82) is 0 Å². The number of nitrogens with one attached hydrogen (secondary N) is 1. The Morgan fingerprint density at radius 3 is 2.76 bits per heavy atom. The zero-order valence-electron chi connectivity index (χ0n) is 14.2. The summed E-state index contributed by atoms with van der Waals surface area (Å²) in [6.45, 7) is 6.22. The van der Waals surface area contributed by atoms with Gasteiger partial charge in [-0.1, -0.05) is 35.6 Å². The van der Waals surface area contributed by atoms with Crippen molar-refractivity contribution in [3.05, 3.63) is 40.7 Å². The van der Waals surface area contributed by atoms with Gasteiger partial charge in [0, 0.05) is 0 Å². The van der Waals surface area contributed by atoms with Crippen molar-refractivity contribution in [1.82, 2.24) is 25.2 Å². The predicted octanol–water partition coefficient (Wildman–Crippen LogP) is 2.64. The van der Waals surface area contributed by atoms with Crippen LogP contribution < -0.4 is 10.1 Å². The number of rotatable bonds is 6. The second kappa shape index (κ2) is 7.39. The first-order chi connectivity index (χ1) is 12.1. The number of para-hydroxylation sites is 2. The van der Waals surface area contributed by atoms with Crippen LogP contribution in [0.25, 0.3) is 5.69 Å². The first-order valence-electron chi connectivity index (χ1n) is 7.92. The van der Waals surface area contributed by atoms with Crippen LogP contribution in [0.2, 0.25) is 0 Å². The standard InChI is InChI=1S/C16H18N6O2S/c1-4-13-18-20-16(25-13)17-15(23)14-10(3)22(21-19-14)11-8-6-7-9-12(11)24-5-2/h6-9H,4-5H2,1-3H3,(H,17,20,23). The third kappa shape index (κ3) is 3.50. The predicted molar refractivity (Wildman–Crippen MR) is 94.5 cm³/mol. The minimum Gasteiger partial charge on any atom is -0.492 e. The van der Waals surface area contributed by atoms with Crippen LogP contribution in [-0.2, 0) is 6.42 Å². The molecule has 1 aromatic carbocycles. The van der Waals surface area contributed by atoms with Gasteiger partial charge >= 0.3 is 0 Å². The Kier molecular flexibility index (Phi) is 5.03. The molecule has 0 saturated heterocycles. The second-order valence-electron chi connectivity index (χ2n) is 5.14. The lowest BCUT2D eigenvalue weighted by Gasteiger charge is -2.10. The first kappa shape index (κ1) is 17.0. The molecule has 0 spiro atoms. The van der Waals surface area contributed by atoms with Crippen LogP contribution in [0.5, 0.6) is 5.75 Å². The molecule has 1 N–H and O–H groups in total. The topological polar surface area (TPSA) is 94.8 Å². The van der Waals surface area contributed by atoms with Crippen LogP contribution in [0.1, 0.15) is 35.0 Å². The molecular formula is C16H18N6O2S. The molecule has 2 aromatic heterocycles. The van der Waals surface area contributed by atoms with Crippen molar-refractivity contribution in [2.24, 2.45) is 0 Å². The molecule has 0 aliphatic rings. The number of aryl methyl sites for hydroxylation is 1. The zero-order valence-corrected chi connectivity index (χ0v) is 15.0. The Balaban J connectivity index is 1.87. The molecular weight excluding hydrogens is 340 g/mol. The zero-order chi connectivity index (χ0) is 17.8. The number of aromatic nitrogens is 5. The van der Waals surface area contributed by atoms with Crippen molar-refractivity contribution in [3.8, 4) is 11.4 Å². The van der Waals surface area contributed by atoms with Gasteiger partial charge in [0.25, 0.3) is 5.91 Å². The monoisotopic (exact) mass is 358 g/mol. The SMILES string of the molecule is CCOc1ccccc1-n1nnc(C(=O)Nc2nnc(CC)s2)c1C. The van der Waals surface area contributed by atoms with Gasteiger partial charge in [0.1, 0.15) is 16.4 Å². The van der Waals surface area contributed by atoms with Crippen LogP contribution in [0.15, 0.2) is 24.3 Å². The molecule has 0 saturated carbocycles. The molecule has 2 heterocycles. The molecule has 0 bridgehead atoms. The number of amides is 1. The van der Waals surface area contributed by atoms with Crippen LogP contribution in [-0.4, -0.2) is 37.7 Å². The maximum Gasteiger partial charge on any atom is 0.279 e. The van der Waals surface area contributed by atoms with Crippen molar-refractivity contribution < 1.29 is 9.53 Å². The number of carbonyl (C=O) groups is 1. The Labute approximate surface area is 148 Å². The largest absolute Gasteiger partial charge is 0.492 e. The smallest absolute Gasteiger partial charge is 0.279 e. The third-order valence-corrected chi connectivity index (χ3v) is 4.48. The fourth-order valence-corrected chi connectivity index (χ4v) is 2.96. The average Bonchev–Trinajstić information content (AvgIpc) is 3.22. The van der Waals surface area contributed by atoms with E-state index in [1.54, 1.807) is 11.6 Å². The van der Waals surface area contributed by atoms with E-state index in [0.717, 1.165) is 17.1 Å². The van der Waals surface area contributed by atoms with Gasteiger partial charge in [0.15, 0.2) is 5.69 Å². The van der Waals surface area contributed by atoms with E-state index in [1.165, 1.54) is 11.3 Å². The summed E-state index contributed by atoms with van der Waals surface area (Å²) in [7, 11) is 0. The van der Waals surface area contributed by atoms with E-state index >= 15 is 0 Å². The lowest BCUT2D eigenvalue weighted by molar-refractivity contribution is 0.102. The highest BCUT2D eigenvalue weighted by Gasteiger charge is 2.20. The Hall–Kier alpha value is -2.81. The summed E-state index contributed by atoms with van der Waals surface area (Å²) in [5, 5.41) is 20.1. The number of anilines is 1. The summed E-state index contributed by atoms with van der Waals surface area (Å²) in [5.74, 6) is 0.318. The lowest BCUT2D eigenvalue weighted by atomic mass is 10.2. The summed E-state index contributed by atoms with van der Waals surface area (Å²) in [6.07, 6.45) is 0.775. The summed E-state index contributed by atoms with van der Waals surface area (Å²) in [6, 6.07) is 7.49. The normalized spacial score (nSPS) is 10.7. The molecule has 0 radical (unpaired) electrons. The number of ether oxygens (including phenoxy) is 1. The van der Waals surface area contributed by atoms with E-state index in [2.05, 4.69) is 25.8 Å². The maximum absolute atomic E-state index is 12.5. The minimum absolute atomic E-state index is 0.236. The molecule has 0 aliphatic heterocycles. The number of hydrogen-bond acceptors (Lipinski definition) is 7. The van der Waals surface area contributed by atoms with E-state index < -0.39 is 0 Å². The average molecular weight is 358 g/mol. The van der Waals surface area contributed by atoms with Crippen LogP contribution in [0.3, 0.4) is 0 Å². The number of benzene rings is 1. The van der Waals surface area contributed by atoms with Gasteiger partial charge in [-0.3, -0.25) is 10.1 Å². The molecule has 9 heteroatoms. The Morgan fingerprint density at radius 2 is 2.04 bits per heavy atom. The maximum atomic E-state index is 12.5. The molecule has 0 aliphatic carbocycles. The van der Waals surface area contributed by atoms with Crippen LogP contribution in [0, 0.1) is 6.92 Å². The van der Waals surface area contributed by atoms with Gasteiger partial charge in [0.05, 0.1) is 12.3 Å². The molecule has 25 heavy (non-hydrogen) atoms. The second-order valence-corrected chi connectivity index (χ2v) is 6.21. The molecule has 0 unspecified atom stereocenters. The van der Waals surface area contributed by atoms with E-state index in [9.17, 15) is 4.79 Å². The van der Waals surface area contributed by atoms with Gasteiger partial charge in [-0.15, -0.1) is 15.3 Å². The molecule has 0 fully saturated rings. The van der Waals surface area contributed by atoms with Crippen molar-refractivity contribution in [2.45, 2.75) is 27.2 Å². The van der Waals surface area contributed by atoms with Crippen LogP contribution in [0.4, 0.5) is 5.13 Å². The van der Waals surface area contributed by atoms with Crippen molar-refractivity contribution >= 4 is 22.4 Å². The van der Waals surface area contributed by atoms with Crippen molar-refractivity contribution in [3.63, 3.8) is 0 Å². The highest BCUT2D eigenvalue weighted by molar-refractivity contribution is 7.15. The quantitative estimate of drug-likeness (QED) is 0.728. The summed E-state index contributed by atoms with van der Waals surface area (Å²) in [4.78, 5) is 12.5. The highest BCUT2D eigenvalue weighted by Crippen LogP contribution is 2.24. The third-order valence-electron chi connectivity index (χ3n) is 3.49. The fourth-order valence-electron chi connectivity index (χ4n) is 2.28. The summed E-state index contributed by atoms with van der Waals surface area (Å²) in [5.41, 5.74) is 1.59.